The van der Waals surface area contributed by atoms with Crippen LogP contribution in [0, 0.1) is 0 Å². The molecular formula is C16H12ClN3O4S. The summed E-state index contributed by atoms with van der Waals surface area (Å²) in [7, 11) is 0. The molecule has 0 saturated heterocycles. The number of nitrogens with one attached hydrogen (secondary N) is 1. The Hall–Kier alpha value is -2.58. The fourth-order valence-electron chi connectivity index (χ4n) is 2.37. The molecule has 1 aliphatic heterocycles. The number of anilines is 1. The first kappa shape index (κ1) is 15.9. The Kier molecular flexibility index (Phi) is 4.29. The number of ether oxygens (including phenoxy) is 2. The van der Waals surface area contributed by atoms with E-state index in [1.54, 1.807) is 6.07 Å². The minimum absolute atomic E-state index is 0.0726. The lowest BCUT2D eigenvalue weighted by Crippen LogP contribution is -2.13. The summed E-state index contributed by atoms with van der Waals surface area (Å²) in [4.78, 5) is 12.8. The Morgan fingerprint density at radius 1 is 1.20 bits per heavy atom. The van der Waals surface area contributed by atoms with Crippen molar-refractivity contribution in [3.05, 3.63) is 51.0 Å². The van der Waals surface area contributed by atoms with Crippen molar-refractivity contribution in [1.82, 2.24) is 10.2 Å². The molecule has 0 radical (unpaired) electrons. The molecule has 3 heterocycles. The Morgan fingerprint density at radius 3 is 2.92 bits per heavy atom. The summed E-state index contributed by atoms with van der Waals surface area (Å²) in [5.41, 5.74) is 0.944. The first-order chi connectivity index (χ1) is 12.2. The first-order valence-corrected chi connectivity index (χ1v) is 8.60. The third-order valence-electron chi connectivity index (χ3n) is 3.47. The molecule has 25 heavy (non-hydrogen) atoms. The standard InChI is InChI=1S/C16H12ClN3O4S/c17-13-4-2-10(25-13)7-14(21)18-16-20-19-15(24-16)6-9-1-3-11-12(5-9)23-8-22-11/h1-5H,6-8H2,(H,18,20,21). The Morgan fingerprint density at radius 2 is 2.08 bits per heavy atom. The van der Waals surface area contributed by atoms with Crippen molar-refractivity contribution < 1.29 is 18.7 Å². The predicted octanol–water partition coefficient (Wildman–Crippen LogP) is 3.29. The third kappa shape index (κ3) is 3.75. The summed E-state index contributed by atoms with van der Waals surface area (Å²) >= 11 is 7.21. The lowest BCUT2D eigenvalue weighted by atomic mass is 10.1. The lowest BCUT2D eigenvalue weighted by molar-refractivity contribution is -0.115. The fourth-order valence-corrected chi connectivity index (χ4v) is 3.46. The molecule has 0 saturated carbocycles. The molecule has 1 aliphatic rings. The van der Waals surface area contributed by atoms with Crippen LogP contribution in [0.3, 0.4) is 0 Å². The smallest absolute Gasteiger partial charge is 0.322 e. The molecule has 4 rings (SSSR count). The van der Waals surface area contributed by atoms with Gasteiger partial charge in [-0.05, 0) is 29.8 Å². The maximum atomic E-state index is 12.0. The number of amides is 1. The monoisotopic (exact) mass is 377 g/mol. The number of carbonyl (C=O) groups is 1. The number of hydrogen-bond acceptors (Lipinski definition) is 7. The molecule has 1 aromatic carbocycles. The highest BCUT2D eigenvalue weighted by molar-refractivity contribution is 7.16. The summed E-state index contributed by atoms with van der Waals surface area (Å²) in [6, 6.07) is 9.24. The molecule has 1 N–H and O–H groups in total. The topological polar surface area (TPSA) is 86.5 Å². The summed E-state index contributed by atoms with van der Waals surface area (Å²) in [6.07, 6.45) is 0.636. The van der Waals surface area contributed by atoms with Crippen molar-refractivity contribution in [1.29, 1.82) is 0 Å². The summed E-state index contributed by atoms with van der Waals surface area (Å²) in [5.74, 6) is 1.57. The zero-order valence-electron chi connectivity index (χ0n) is 12.8. The van der Waals surface area contributed by atoms with Gasteiger partial charge in [-0.15, -0.1) is 16.4 Å². The maximum absolute atomic E-state index is 12.0. The van der Waals surface area contributed by atoms with Gasteiger partial charge in [-0.25, -0.2) is 0 Å². The molecule has 1 amide bonds. The van der Waals surface area contributed by atoms with Gasteiger partial charge in [-0.3, -0.25) is 10.1 Å². The molecule has 3 aromatic rings. The van der Waals surface area contributed by atoms with E-state index in [4.69, 9.17) is 25.5 Å². The van der Waals surface area contributed by atoms with Crippen LogP contribution in [0.15, 0.2) is 34.7 Å². The molecule has 2 aromatic heterocycles. The van der Waals surface area contributed by atoms with Gasteiger partial charge in [0.1, 0.15) is 0 Å². The van der Waals surface area contributed by atoms with Crippen molar-refractivity contribution in [3.63, 3.8) is 0 Å². The molecule has 9 heteroatoms. The second-order valence-electron chi connectivity index (χ2n) is 5.30. The molecule has 0 bridgehead atoms. The van der Waals surface area contributed by atoms with Gasteiger partial charge in [-0.2, -0.15) is 0 Å². The normalized spacial score (nSPS) is 12.4. The zero-order chi connectivity index (χ0) is 17.2. The van der Waals surface area contributed by atoms with E-state index < -0.39 is 0 Å². The van der Waals surface area contributed by atoms with Gasteiger partial charge in [0.2, 0.25) is 18.6 Å². The Balaban J connectivity index is 1.37. The van der Waals surface area contributed by atoms with Crippen molar-refractivity contribution in [2.45, 2.75) is 12.8 Å². The summed E-state index contributed by atoms with van der Waals surface area (Å²) in [5, 5.41) is 10.4. The number of aromatic nitrogens is 2. The van der Waals surface area contributed by atoms with E-state index in [0.717, 1.165) is 16.2 Å². The van der Waals surface area contributed by atoms with E-state index in [-0.39, 0.29) is 25.1 Å². The maximum Gasteiger partial charge on any atom is 0.322 e. The minimum Gasteiger partial charge on any atom is -0.454 e. The van der Waals surface area contributed by atoms with Gasteiger partial charge in [0.05, 0.1) is 17.2 Å². The number of rotatable bonds is 5. The number of hydrogen-bond donors (Lipinski definition) is 1. The van der Waals surface area contributed by atoms with Crippen molar-refractivity contribution in [2.75, 3.05) is 12.1 Å². The highest BCUT2D eigenvalue weighted by Gasteiger charge is 2.15. The fraction of sp³-hybridized carbons (Fsp3) is 0.188. The van der Waals surface area contributed by atoms with Gasteiger partial charge >= 0.3 is 6.01 Å². The van der Waals surface area contributed by atoms with E-state index in [2.05, 4.69) is 15.5 Å². The van der Waals surface area contributed by atoms with E-state index in [9.17, 15) is 4.79 Å². The minimum atomic E-state index is -0.239. The van der Waals surface area contributed by atoms with Gasteiger partial charge < -0.3 is 13.9 Å². The van der Waals surface area contributed by atoms with E-state index in [1.807, 2.05) is 24.3 Å². The predicted molar refractivity (Wildman–Crippen MR) is 91.3 cm³/mol. The second kappa shape index (κ2) is 6.73. The quantitative estimate of drug-likeness (QED) is 0.734. The average Bonchev–Trinajstić information content (AvgIpc) is 3.29. The van der Waals surface area contributed by atoms with Crippen molar-refractivity contribution >= 4 is 34.9 Å². The SMILES string of the molecule is O=C(Cc1ccc(Cl)s1)Nc1nnc(Cc2ccc3c(c2)OCO3)o1. The lowest BCUT2D eigenvalue weighted by Gasteiger charge is -2.00. The van der Waals surface area contributed by atoms with E-state index in [1.165, 1.54) is 11.3 Å². The van der Waals surface area contributed by atoms with Crippen LogP contribution in [0.5, 0.6) is 11.5 Å². The molecule has 0 spiro atoms. The van der Waals surface area contributed by atoms with Crippen molar-refractivity contribution in [2.24, 2.45) is 0 Å². The average molecular weight is 378 g/mol. The van der Waals surface area contributed by atoms with Crippen LogP contribution in [0.25, 0.3) is 0 Å². The molecule has 0 atom stereocenters. The number of carbonyl (C=O) groups excluding carboxylic acids is 1. The third-order valence-corrected chi connectivity index (χ3v) is 4.70. The van der Waals surface area contributed by atoms with Gasteiger partial charge in [0.25, 0.3) is 0 Å². The van der Waals surface area contributed by atoms with Gasteiger partial charge in [0.15, 0.2) is 11.5 Å². The van der Waals surface area contributed by atoms with Crippen LogP contribution in [0.2, 0.25) is 4.34 Å². The van der Waals surface area contributed by atoms with Gasteiger partial charge in [0, 0.05) is 4.88 Å². The second-order valence-corrected chi connectivity index (χ2v) is 7.10. The largest absolute Gasteiger partial charge is 0.454 e. The van der Waals surface area contributed by atoms with Gasteiger partial charge in [-0.1, -0.05) is 22.8 Å². The van der Waals surface area contributed by atoms with Crippen LogP contribution in [-0.2, 0) is 17.6 Å². The number of nitrogens with zero attached hydrogens (tertiary/aromatic N) is 2. The number of halogens is 1. The van der Waals surface area contributed by atoms with Crippen LogP contribution >= 0.6 is 22.9 Å². The van der Waals surface area contributed by atoms with Crippen LogP contribution in [0.4, 0.5) is 6.01 Å². The number of thiophene rings is 1. The van der Waals surface area contributed by atoms with Crippen LogP contribution < -0.4 is 14.8 Å². The number of benzene rings is 1. The molecule has 7 nitrogen and oxygen atoms in total. The van der Waals surface area contributed by atoms with E-state index in [0.29, 0.717) is 22.4 Å². The molecule has 128 valence electrons. The Bertz CT molecular complexity index is 924. The molecule has 0 fully saturated rings. The van der Waals surface area contributed by atoms with Crippen LogP contribution in [-0.4, -0.2) is 22.9 Å². The molecular weight excluding hydrogens is 366 g/mol. The highest BCUT2D eigenvalue weighted by atomic mass is 35.5. The molecule has 0 aliphatic carbocycles. The molecule has 0 unspecified atom stereocenters. The first-order valence-electron chi connectivity index (χ1n) is 7.41. The number of fused-ring (bicyclic) bond motifs is 1. The Labute approximate surface area is 151 Å². The summed E-state index contributed by atoms with van der Waals surface area (Å²) < 4.78 is 16.7. The van der Waals surface area contributed by atoms with Crippen molar-refractivity contribution in [3.8, 4) is 11.5 Å². The van der Waals surface area contributed by atoms with Crippen LogP contribution in [0.1, 0.15) is 16.3 Å². The summed E-state index contributed by atoms with van der Waals surface area (Å²) in [6.45, 7) is 0.227. The van der Waals surface area contributed by atoms with E-state index >= 15 is 0 Å². The highest BCUT2D eigenvalue weighted by Crippen LogP contribution is 2.33. The zero-order valence-corrected chi connectivity index (χ0v) is 14.4.